The largest absolute Gasteiger partial charge is 0.378 e. The van der Waals surface area contributed by atoms with Gasteiger partial charge in [0.1, 0.15) is 6.17 Å². The van der Waals surface area contributed by atoms with Gasteiger partial charge in [-0.25, -0.2) is 8.91 Å². The highest BCUT2D eigenvalue weighted by atomic mass is 35.5. The highest BCUT2D eigenvalue weighted by Crippen LogP contribution is 2.31. The number of hydrogen-bond acceptors (Lipinski definition) is 4. The predicted molar refractivity (Wildman–Crippen MR) is 104 cm³/mol. The maximum absolute atomic E-state index is 13.5. The third-order valence-corrected chi connectivity index (χ3v) is 5.61. The zero-order valence-electron chi connectivity index (χ0n) is 14.5. The van der Waals surface area contributed by atoms with E-state index in [1.165, 1.54) is 11.8 Å². The first-order valence-electron chi connectivity index (χ1n) is 8.21. The molecule has 0 radical (unpaired) electrons. The van der Waals surface area contributed by atoms with Gasteiger partial charge in [0.2, 0.25) is 0 Å². The summed E-state index contributed by atoms with van der Waals surface area (Å²) < 4.78 is 15.4. The number of anilines is 1. The second-order valence-electron chi connectivity index (χ2n) is 6.31. The van der Waals surface area contributed by atoms with Crippen molar-refractivity contribution in [3.8, 4) is 0 Å². The molecule has 3 aromatic heterocycles. The van der Waals surface area contributed by atoms with Crippen molar-refractivity contribution in [3.05, 3.63) is 50.4 Å². The monoisotopic (exact) mass is 380 g/mol. The molecule has 0 amide bonds. The van der Waals surface area contributed by atoms with E-state index in [-0.39, 0.29) is 0 Å². The molecule has 0 saturated heterocycles. The quantitative estimate of drug-likeness (QED) is 0.661. The molecule has 3 aromatic rings. The van der Waals surface area contributed by atoms with Gasteiger partial charge in [-0.1, -0.05) is 17.7 Å². The highest BCUT2D eigenvalue weighted by molar-refractivity contribution is 7.09. The van der Waals surface area contributed by atoms with Gasteiger partial charge in [0.25, 0.3) is 0 Å². The lowest BCUT2D eigenvalue weighted by atomic mass is 10.0. The highest BCUT2D eigenvalue weighted by Gasteiger charge is 2.21. The van der Waals surface area contributed by atoms with Crippen LogP contribution in [0.25, 0.3) is 5.52 Å². The first-order chi connectivity index (χ1) is 11.9. The normalized spacial score (nSPS) is 14.0. The van der Waals surface area contributed by atoms with Crippen LogP contribution in [0.5, 0.6) is 0 Å². The minimum Gasteiger partial charge on any atom is -0.378 e. The van der Waals surface area contributed by atoms with Gasteiger partial charge in [-0.2, -0.15) is 5.10 Å². The van der Waals surface area contributed by atoms with E-state index in [1.807, 2.05) is 30.5 Å². The molecule has 3 heterocycles. The van der Waals surface area contributed by atoms with E-state index < -0.39 is 12.2 Å². The van der Waals surface area contributed by atoms with Crippen LogP contribution in [-0.2, 0) is 13.0 Å². The lowest BCUT2D eigenvalue weighted by molar-refractivity contribution is 0.304. The summed E-state index contributed by atoms with van der Waals surface area (Å²) in [6.07, 6.45) is -0.587. The van der Waals surface area contributed by atoms with E-state index in [9.17, 15) is 4.39 Å². The average Bonchev–Trinajstić information content (AvgIpc) is 3.15. The number of aryl methyl sites for hydroxylation is 2. The van der Waals surface area contributed by atoms with Crippen molar-refractivity contribution in [2.45, 2.75) is 46.0 Å². The Hall–Kier alpha value is -1.63. The molecule has 0 spiro atoms. The van der Waals surface area contributed by atoms with Gasteiger partial charge in [0.15, 0.2) is 5.15 Å². The van der Waals surface area contributed by atoms with Crippen LogP contribution in [0.2, 0.25) is 5.15 Å². The third-order valence-electron chi connectivity index (χ3n) is 4.55. The minimum atomic E-state index is -1.06. The molecule has 0 aromatic carbocycles. The number of nitrogens with one attached hydrogen (secondary N) is 1. The van der Waals surface area contributed by atoms with Gasteiger partial charge in [-0.3, -0.25) is 0 Å². The molecular formula is C18H22ClFN4S. The summed E-state index contributed by atoms with van der Waals surface area (Å²) in [6.45, 7) is 6.21. The lowest BCUT2D eigenvalue weighted by Crippen LogP contribution is -2.32. The van der Waals surface area contributed by atoms with Crippen LogP contribution in [0.4, 0.5) is 10.1 Å². The molecule has 0 aliphatic rings. The molecule has 25 heavy (non-hydrogen) atoms. The maximum atomic E-state index is 13.5. The Morgan fingerprint density at radius 1 is 1.44 bits per heavy atom. The Morgan fingerprint density at radius 3 is 2.84 bits per heavy atom. The number of alkyl halides is 1. The zero-order chi connectivity index (χ0) is 18.1. The standard InChI is InChI=1S/C18H22ClFN4S/c1-10-14(7-15(21)11(2)20)12(3)24-18(10)16(8-17(19)23-24)22-9-13-5-4-6-25-13/h4-6,8,11,15,22H,7,9,21H2,1-3H3/t11-,15+/m0/s1. The van der Waals surface area contributed by atoms with Crippen LogP contribution in [0, 0.1) is 13.8 Å². The van der Waals surface area contributed by atoms with Crippen LogP contribution in [0.3, 0.4) is 0 Å². The second-order valence-corrected chi connectivity index (χ2v) is 7.73. The Morgan fingerprint density at radius 2 is 2.20 bits per heavy atom. The number of aromatic nitrogens is 2. The van der Waals surface area contributed by atoms with Crippen molar-refractivity contribution < 1.29 is 4.39 Å². The number of thiophene rings is 1. The van der Waals surface area contributed by atoms with Crippen molar-refractivity contribution in [1.82, 2.24) is 9.61 Å². The number of nitrogens with zero attached hydrogens (tertiary/aromatic N) is 2. The van der Waals surface area contributed by atoms with Crippen LogP contribution in [0.15, 0.2) is 23.6 Å². The maximum Gasteiger partial charge on any atom is 0.152 e. The van der Waals surface area contributed by atoms with Crippen molar-refractivity contribution in [1.29, 1.82) is 0 Å². The molecule has 134 valence electrons. The van der Waals surface area contributed by atoms with E-state index in [2.05, 4.69) is 21.9 Å². The molecule has 0 unspecified atom stereocenters. The van der Waals surface area contributed by atoms with Crippen molar-refractivity contribution in [3.63, 3.8) is 0 Å². The Balaban J connectivity index is 2.02. The van der Waals surface area contributed by atoms with E-state index in [0.717, 1.165) is 28.0 Å². The van der Waals surface area contributed by atoms with Crippen LogP contribution in [0.1, 0.15) is 28.6 Å². The topological polar surface area (TPSA) is 55.4 Å². The number of halogens is 2. The summed E-state index contributed by atoms with van der Waals surface area (Å²) in [5.74, 6) is 0. The fourth-order valence-corrected chi connectivity index (χ4v) is 3.88. The van der Waals surface area contributed by atoms with Gasteiger partial charge in [-0.05, 0) is 49.8 Å². The molecule has 3 rings (SSSR count). The molecular weight excluding hydrogens is 359 g/mol. The molecule has 0 saturated carbocycles. The fourth-order valence-electron chi connectivity index (χ4n) is 3.05. The third kappa shape index (κ3) is 3.66. The second kappa shape index (κ2) is 7.32. The fraction of sp³-hybridized carbons (Fsp3) is 0.389. The Labute approximate surface area is 155 Å². The molecule has 0 bridgehead atoms. The van der Waals surface area contributed by atoms with Crippen molar-refractivity contribution in [2.75, 3.05) is 5.32 Å². The van der Waals surface area contributed by atoms with Gasteiger partial charge in [-0.15, -0.1) is 11.3 Å². The predicted octanol–water partition coefficient (Wildman–Crippen LogP) is 4.51. The molecule has 0 fully saturated rings. The molecule has 2 atom stereocenters. The van der Waals surface area contributed by atoms with E-state index in [0.29, 0.717) is 18.1 Å². The minimum absolute atomic E-state index is 0.411. The summed E-state index contributed by atoms with van der Waals surface area (Å²) in [4.78, 5) is 1.24. The van der Waals surface area contributed by atoms with Crippen LogP contribution >= 0.6 is 22.9 Å². The average molecular weight is 381 g/mol. The number of nitrogens with two attached hydrogens (primary N) is 1. The smallest absolute Gasteiger partial charge is 0.152 e. The molecule has 0 aliphatic carbocycles. The van der Waals surface area contributed by atoms with Gasteiger partial charge >= 0.3 is 0 Å². The first kappa shape index (κ1) is 18.2. The number of hydrogen-bond donors (Lipinski definition) is 2. The van der Waals surface area contributed by atoms with E-state index >= 15 is 0 Å². The number of rotatable bonds is 6. The van der Waals surface area contributed by atoms with Crippen LogP contribution < -0.4 is 11.1 Å². The molecule has 7 heteroatoms. The molecule has 4 nitrogen and oxygen atoms in total. The number of fused-ring (bicyclic) bond motifs is 1. The van der Waals surface area contributed by atoms with Crippen molar-refractivity contribution in [2.24, 2.45) is 5.73 Å². The van der Waals surface area contributed by atoms with E-state index in [4.69, 9.17) is 17.3 Å². The first-order valence-corrected chi connectivity index (χ1v) is 9.47. The van der Waals surface area contributed by atoms with Gasteiger partial charge in [0.05, 0.1) is 11.2 Å². The Kier molecular flexibility index (Phi) is 5.32. The van der Waals surface area contributed by atoms with Crippen molar-refractivity contribution >= 4 is 34.1 Å². The summed E-state index contributed by atoms with van der Waals surface area (Å²) >= 11 is 7.92. The summed E-state index contributed by atoms with van der Waals surface area (Å²) in [6, 6.07) is 5.41. The summed E-state index contributed by atoms with van der Waals surface area (Å²) in [5, 5.41) is 10.3. The van der Waals surface area contributed by atoms with Gasteiger partial charge in [0, 0.05) is 29.2 Å². The Bertz CT molecular complexity index is 873. The summed E-state index contributed by atoms with van der Waals surface area (Å²) in [7, 11) is 0. The molecule has 3 N–H and O–H groups in total. The summed E-state index contributed by atoms with van der Waals surface area (Å²) in [5.41, 5.74) is 10.9. The SMILES string of the molecule is Cc1c(C[C@@H](N)[C@H](C)F)c(C)n2nc(Cl)cc(NCc3cccs3)c12. The lowest BCUT2D eigenvalue weighted by Gasteiger charge is -2.13. The van der Waals surface area contributed by atoms with Gasteiger partial charge < -0.3 is 11.1 Å². The van der Waals surface area contributed by atoms with Crippen LogP contribution in [-0.4, -0.2) is 21.8 Å². The zero-order valence-corrected chi connectivity index (χ0v) is 16.1. The van der Waals surface area contributed by atoms with E-state index in [1.54, 1.807) is 11.3 Å². The molecule has 0 aliphatic heterocycles.